The molecule has 2 amide bonds. The van der Waals surface area contributed by atoms with Gasteiger partial charge >= 0.3 is 6.09 Å². The number of methoxy groups -OCH3 is 2. The van der Waals surface area contributed by atoms with Crippen molar-refractivity contribution in [1.82, 2.24) is 4.90 Å². The Kier molecular flexibility index (Phi) is 14.4. The number of likely N-dealkylation sites (N-methyl/N-ethyl adjacent to an activating group) is 1. The molecule has 1 fully saturated rings. The summed E-state index contributed by atoms with van der Waals surface area (Å²) in [4.78, 5) is 36.2. The summed E-state index contributed by atoms with van der Waals surface area (Å²) >= 11 is 0. The van der Waals surface area contributed by atoms with Gasteiger partial charge in [0, 0.05) is 49.8 Å². The monoisotopic (exact) mass is 883 g/mol. The molecule has 64 heavy (non-hydrogen) atoms. The zero-order valence-electron chi connectivity index (χ0n) is 37.6. The molecule has 3 N–H and O–H groups in total. The molecule has 6 unspecified atom stereocenters. The van der Waals surface area contributed by atoms with Crippen molar-refractivity contribution in [2.75, 3.05) is 53.2 Å². The van der Waals surface area contributed by atoms with Crippen LogP contribution < -0.4 is 33.7 Å². The maximum absolute atomic E-state index is 14.7. The van der Waals surface area contributed by atoms with Crippen LogP contribution in [0, 0.1) is 17.8 Å². The molecule has 0 spiro atoms. The molecule has 2 heterocycles. The van der Waals surface area contributed by atoms with Gasteiger partial charge < -0.3 is 53.1 Å². The molecule has 15 nitrogen and oxygen atoms in total. The van der Waals surface area contributed by atoms with E-state index in [9.17, 15) is 19.8 Å². The lowest BCUT2D eigenvalue weighted by Gasteiger charge is -2.59. The van der Waals surface area contributed by atoms with E-state index in [-0.39, 0.29) is 62.4 Å². The predicted octanol–water partition coefficient (Wildman–Crippen LogP) is 8.25. The lowest BCUT2D eigenvalue weighted by Crippen LogP contribution is -2.69. The number of fused-ring (bicyclic) bond motifs is 3. The minimum atomic E-state index is -1.48. The van der Waals surface area contributed by atoms with Gasteiger partial charge in [0.15, 0.2) is 11.5 Å². The highest BCUT2D eigenvalue weighted by Crippen LogP contribution is 2.62. The van der Waals surface area contributed by atoms with Crippen molar-refractivity contribution in [3.05, 3.63) is 90.0 Å². The van der Waals surface area contributed by atoms with Crippen molar-refractivity contribution in [3.8, 4) is 34.5 Å². The molecule has 344 valence electrons. The van der Waals surface area contributed by atoms with E-state index >= 15 is 0 Å². The normalized spacial score (nSPS) is 23.5. The van der Waals surface area contributed by atoms with Crippen LogP contribution in [0.3, 0.4) is 0 Å². The number of hydrogen-bond acceptors (Lipinski definition) is 13. The molecular weight excluding hydrogens is 823 g/mol. The van der Waals surface area contributed by atoms with E-state index in [4.69, 9.17) is 43.2 Å². The van der Waals surface area contributed by atoms with Crippen LogP contribution in [-0.2, 0) is 9.57 Å². The number of benzene rings is 3. The van der Waals surface area contributed by atoms with Crippen LogP contribution in [0.5, 0.6) is 34.5 Å². The molecule has 0 bridgehead atoms. The number of ether oxygens (including phenoxy) is 7. The van der Waals surface area contributed by atoms with Gasteiger partial charge in [-0.25, -0.2) is 4.79 Å². The highest BCUT2D eigenvalue weighted by atomic mass is 16.7. The van der Waals surface area contributed by atoms with Crippen molar-refractivity contribution in [2.24, 2.45) is 22.9 Å². The van der Waals surface area contributed by atoms with Crippen molar-refractivity contribution in [3.63, 3.8) is 0 Å². The van der Waals surface area contributed by atoms with Crippen molar-refractivity contribution >= 4 is 23.4 Å². The van der Waals surface area contributed by atoms with E-state index in [0.717, 1.165) is 36.8 Å². The molecule has 2 aliphatic carbocycles. The van der Waals surface area contributed by atoms with Crippen LogP contribution in [0.1, 0.15) is 87.6 Å². The number of nitrogens with zero attached hydrogens (tertiary/aromatic N) is 2. The fourth-order valence-electron chi connectivity index (χ4n) is 9.50. The van der Waals surface area contributed by atoms with Gasteiger partial charge in [0.05, 0.1) is 38.1 Å². The maximum Gasteiger partial charge on any atom is 0.417 e. The number of aliphatic hydroxyl groups excluding tert-OH is 2. The molecular formula is C49H61N3O12. The molecule has 15 heteroatoms. The van der Waals surface area contributed by atoms with Gasteiger partial charge in [-0.15, -0.1) is 6.58 Å². The fraction of sp³-hybridized carbons (Fsp3) is 0.490. The van der Waals surface area contributed by atoms with Crippen molar-refractivity contribution < 1.29 is 57.8 Å². The van der Waals surface area contributed by atoms with Gasteiger partial charge in [-0.05, 0) is 112 Å². The molecule has 6 atom stereocenters. The lowest BCUT2D eigenvalue weighted by molar-refractivity contribution is -0.252. The van der Waals surface area contributed by atoms with Crippen molar-refractivity contribution in [1.29, 1.82) is 0 Å². The minimum Gasteiger partial charge on any atom is -0.497 e. The van der Waals surface area contributed by atoms with E-state index in [1.807, 2.05) is 26.8 Å². The first kappa shape index (κ1) is 46.2. The summed E-state index contributed by atoms with van der Waals surface area (Å²) in [7, 11) is 4.79. The standard InChI is InChI=1S/C49H61N3O12/c1-8-23-61-49-43(52(5)46(55)31-15-19-40-42(25-31)60-29-59-40)28-38(51-64-48(2,3)4)35-24-30(13-9-11-21-53)34(14-10-12-22-54)44(45(35)49)36-26-33(17-20-39(36)63-49)62-47(56)50-37-18-16-32(57-6)27-41(37)58-7/h8,15-20,24-27,30,34,43-45,53-54H,1,9-14,21-23,28-29H2,2-7H3,(H,50,56). The Morgan fingerprint density at radius 2 is 1.67 bits per heavy atom. The van der Waals surface area contributed by atoms with Gasteiger partial charge in [-0.3, -0.25) is 10.1 Å². The van der Waals surface area contributed by atoms with E-state index in [1.54, 1.807) is 73.7 Å². The molecule has 4 aliphatic rings. The van der Waals surface area contributed by atoms with Crippen LogP contribution in [-0.4, -0.2) is 98.1 Å². The number of carbonyl (C=O) groups is 2. The van der Waals surface area contributed by atoms with Crippen LogP contribution in [0.25, 0.3) is 0 Å². The van der Waals surface area contributed by atoms with Crippen molar-refractivity contribution in [2.45, 2.75) is 89.1 Å². The summed E-state index contributed by atoms with van der Waals surface area (Å²) in [6.45, 7) is 10.1. The molecule has 0 saturated heterocycles. The second-order valence-electron chi connectivity index (χ2n) is 17.5. The summed E-state index contributed by atoms with van der Waals surface area (Å²) in [5.41, 5.74) is 2.49. The topological polar surface area (TPSA) is 176 Å². The first-order chi connectivity index (χ1) is 30.8. The van der Waals surface area contributed by atoms with Gasteiger partial charge in [0.1, 0.15) is 34.6 Å². The molecule has 2 aliphatic heterocycles. The first-order valence-electron chi connectivity index (χ1n) is 22.0. The first-order valence-corrected chi connectivity index (χ1v) is 22.0. The molecule has 3 aromatic rings. The summed E-state index contributed by atoms with van der Waals surface area (Å²) < 4.78 is 42.3. The van der Waals surface area contributed by atoms with Crippen LogP contribution in [0.2, 0.25) is 0 Å². The SMILES string of the molecule is C=CCOC12Oc3ccc(OC(=O)Nc4ccc(OC)cc4OC)cc3C3C(CCCCO)C(CCCCO)C=C(C(=NOC(C)(C)C)CC1N(C)C(=O)c1ccc4c(c1)OCO4)C32. The summed E-state index contributed by atoms with van der Waals surface area (Å²) in [5.74, 6) is 0.0872. The molecule has 3 aromatic carbocycles. The van der Waals surface area contributed by atoms with Gasteiger partial charge in [-0.1, -0.05) is 30.1 Å². The predicted molar refractivity (Wildman–Crippen MR) is 240 cm³/mol. The number of carbonyl (C=O) groups excluding carboxylic acids is 2. The lowest BCUT2D eigenvalue weighted by atomic mass is 9.55. The Bertz CT molecular complexity index is 2240. The third kappa shape index (κ3) is 9.66. The number of amides is 2. The number of rotatable bonds is 18. The highest BCUT2D eigenvalue weighted by Gasteiger charge is 2.65. The van der Waals surface area contributed by atoms with E-state index in [0.29, 0.717) is 58.6 Å². The number of nitrogens with one attached hydrogen (secondary N) is 1. The van der Waals surface area contributed by atoms with Crippen LogP contribution >= 0.6 is 0 Å². The van der Waals surface area contributed by atoms with Gasteiger partial charge in [-0.2, -0.15) is 0 Å². The second-order valence-corrected chi connectivity index (χ2v) is 17.5. The Hall–Kier alpha value is -5.77. The van der Waals surface area contributed by atoms with Crippen LogP contribution in [0.4, 0.5) is 10.5 Å². The average molecular weight is 884 g/mol. The molecule has 0 aromatic heterocycles. The third-order valence-electron chi connectivity index (χ3n) is 12.3. The Balaban J connectivity index is 1.38. The Morgan fingerprint density at radius 3 is 2.39 bits per heavy atom. The number of anilines is 1. The maximum atomic E-state index is 14.7. The molecule has 1 saturated carbocycles. The van der Waals surface area contributed by atoms with Gasteiger partial charge in [0.2, 0.25) is 12.6 Å². The average Bonchev–Trinajstić information content (AvgIpc) is 3.76. The molecule has 7 rings (SSSR count). The minimum absolute atomic E-state index is 0.00402. The third-order valence-corrected chi connectivity index (χ3v) is 12.3. The summed E-state index contributed by atoms with van der Waals surface area (Å²) in [5, 5.41) is 27.5. The summed E-state index contributed by atoms with van der Waals surface area (Å²) in [6.07, 6.45) is 7.70. The molecule has 0 radical (unpaired) electrons. The van der Waals surface area contributed by atoms with E-state index in [1.165, 1.54) is 7.11 Å². The number of allylic oxidation sites excluding steroid dienone is 1. The number of oxime groups is 1. The van der Waals surface area contributed by atoms with E-state index in [2.05, 4.69) is 18.0 Å². The van der Waals surface area contributed by atoms with E-state index < -0.39 is 29.4 Å². The smallest absolute Gasteiger partial charge is 0.417 e. The Morgan fingerprint density at radius 1 is 0.938 bits per heavy atom. The zero-order valence-corrected chi connectivity index (χ0v) is 37.6. The zero-order chi connectivity index (χ0) is 45.6. The fourth-order valence-corrected chi connectivity index (χ4v) is 9.50. The number of aliphatic hydroxyl groups is 2. The van der Waals surface area contributed by atoms with Gasteiger partial charge in [0.25, 0.3) is 5.91 Å². The highest BCUT2D eigenvalue weighted by molar-refractivity contribution is 6.03. The summed E-state index contributed by atoms with van der Waals surface area (Å²) in [6, 6.07) is 14.7. The van der Waals surface area contributed by atoms with Crippen LogP contribution in [0.15, 0.2) is 84.1 Å². The quantitative estimate of drug-likeness (QED) is 0.0635. The number of unbranched alkanes of at least 4 members (excludes halogenated alkanes) is 2. The second kappa shape index (κ2) is 20.0. The largest absolute Gasteiger partial charge is 0.497 e. The number of hydrogen-bond donors (Lipinski definition) is 3. The Labute approximate surface area is 374 Å².